The molecule has 0 saturated carbocycles. The van der Waals surface area contributed by atoms with Crippen molar-refractivity contribution in [3.8, 4) is 0 Å². The molecule has 16 heavy (non-hydrogen) atoms. The molecule has 2 atom stereocenters. The first kappa shape index (κ1) is 11.5. The summed E-state index contributed by atoms with van der Waals surface area (Å²) in [6.07, 6.45) is 0. The Morgan fingerprint density at radius 2 is 1.88 bits per heavy atom. The number of fused-ring (bicyclic) bond motifs is 1. The van der Waals surface area contributed by atoms with Gasteiger partial charge >= 0.3 is 5.97 Å². The minimum absolute atomic E-state index is 0.156. The molecule has 2 aliphatic heterocycles. The fourth-order valence-electron chi connectivity index (χ4n) is 2.43. The molecule has 2 unspecified atom stereocenters. The van der Waals surface area contributed by atoms with Crippen LogP contribution in [0.25, 0.3) is 0 Å². The summed E-state index contributed by atoms with van der Waals surface area (Å²) in [5, 5.41) is 9.35. The van der Waals surface area contributed by atoms with Crippen molar-refractivity contribution < 1.29 is 9.90 Å². The molecule has 0 aromatic heterocycles. The summed E-state index contributed by atoms with van der Waals surface area (Å²) in [6, 6.07) is 0. The predicted octanol–water partition coefficient (Wildman–Crippen LogP) is 2.85. The van der Waals surface area contributed by atoms with Crippen molar-refractivity contribution in [2.24, 2.45) is 10.9 Å². The number of thioether (sulfide) groups is 1. The van der Waals surface area contributed by atoms with E-state index in [0.717, 1.165) is 5.57 Å². The highest BCUT2D eigenvalue weighted by atomic mass is 32.2. The van der Waals surface area contributed by atoms with Gasteiger partial charge < -0.3 is 5.11 Å². The number of carboxylic acids is 1. The summed E-state index contributed by atoms with van der Waals surface area (Å²) in [5.74, 6) is -0.681. The van der Waals surface area contributed by atoms with Crippen molar-refractivity contribution in [1.82, 2.24) is 0 Å². The number of aliphatic imine (C=N–C) groups is 1. The van der Waals surface area contributed by atoms with Crippen LogP contribution in [0.5, 0.6) is 0 Å². The van der Waals surface area contributed by atoms with E-state index < -0.39 is 5.97 Å². The SMILES string of the molecule is CC1=NC2SC(C)=C(C)C2C(C)=C1C(=O)O. The van der Waals surface area contributed by atoms with Gasteiger partial charge in [0.1, 0.15) is 5.37 Å². The van der Waals surface area contributed by atoms with E-state index in [1.54, 1.807) is 18.7 Å². The van der Waals surface area contributed by atoms with E-state index in [1.165, 1.54) is 10.5 Å². The van der Waals surface area contributed by atoms with Gasteiger partial charge in [-0.2, -0.15) is 0 Å². The first-order valence-electron chi connectivity index (χ1n) is 5.26. The van der Waals surface area contributed by atoms with Crippen LogP contribution in [0.3, 0.4) is 0 Å². The minimum Gasteiger partial charge on any atom is -0.478 e. The van der Waals surface area contributed by atoms with Crippen molar-refractivity contribution in [3.05, 3.63) is 21.6 Å². The van der Waals surface area contributed by atoms with Crippen molar-refractivity contribution in [2.45, 2.75) is 33.1 Å². The molecular weight excluding hydrogens is 222 g/mol. The van der Waals surface area contributed by atoms with E-state index in [9.17, 15) is 9.90 Å². The van der Waals surface area contributed by atoms with Crippen LogP contribution in [0.2, 0.25) is 0 Å². The molecule has 86 valence electrons. The summed E-state index contributed by atoms with van der Waals surface area (Å²) in [7, 11) is 0. The second-order valence-electron chi connectivity index (χ2n) is 4.30. The van der Waals surface area contributed by atoms with E-state index in [4.69, 9.17) is 0 Å². The molecule has 3 nitrogen and oxygen atoms in total. The zero-order valence-electron chi connectivity index (χ0n) is 9.87. The maximum absolute atomic E-state index is 11.2. The first-order chi connectivity index (χ1) is 7.43. The molecule has 0 aromatic carbocycles. The second kappa shape index (κ2) is 3.77. The average molecular weight is 237 g/mol. The maximum atomic E-state index is 11.2. The molecular formula is C12H15NO2S. The average Bonchev–Trinajstić information content (AvgIpc) is 2.41. The van der Waals surface area contributed by atoms with Gasteiger partial charge in [0.25, 0.3) is 0 Å². The van der Waals surface area contributed by atoms with Gasteiger partial charge in [0.05, 0.1) is 5.57 Å². The Balaban J connectivity index is 2.53. The largest absolute Gasteiger partial charge is 0.478 e. The van der Waals surface area contributed by atoms with Gasteiger partial charge in [0.15, 0.2) is 0 Å². The Kier molecular flexibility index (Phi) is 2.70. The second-order valence-corrected chi connectivity index (χ2v) is 5.63. The van der Waals surface area contributed by atoms with Gasteiger partial charge in [-0.15, -0.1) is 11.8 Å². The minimum atomic E-state index is -0.862. The zero-order valence-corrected chi connectivity index (χ0v) is 10.7. The first-order valence-corrected chi connectivity index (χ1v) is 6.14. The van der Waals surface area contributed by atoms with Crippen LogP contribution >= 0.6 is 11.8 Å². The normalized spacial score (nSPS) is 29.4. The quantitative estimate of drug-likeness (QED) is 0.763. The molecule has 0 spiro atoms. The molecule has 0 aliphatic carbocycles. The van der Waals surface area contributed by atoms with Crippen molar-refractivity contribution in [3.63, 3.8) is 0 Å². The van der Waals surface area contributed by atoms with Gasteiger partial charge in [-0.1, -0.05) is 5.57 Å². The highest BCUT2D eigenvalue weighted by Crippen LogP contribution is 2.48. The lowest BCUT2D eigenvalue weighted by Crippen LogP contribution is -2.26. The molecule has 0 bridgehead atoms. The third-order valence-electron chi connectivity index (χ3n) is 3.36. The van der Waals surface area contributed by atoms with E-state index >= 15 is 0 Å². The number of rotatable bonds is 1. The Bertz CT molecular complexity index is 460. The fraction of sp³-hybridized carbons (Fsp3) is 0.500. The fourth-order valence-corrected chi connectivity index (χ4v) is 3.86. The number of nitrogens with zero attached hydrogens (tertiary/aromatic N) is 1. The van der Waals surface area contributed by atoms with Crippen molar-refractivity contribution >= 4 is 23.4 Å². The number of carboxylic acid groups (broad SMARTS) is 1. The van der Waals surface area contributed by atoms with Gasteiger partial charge in [-0.25, -0.2) is 4.79 Å². The van der Waals surface area contributed by atoms with Crippen LogP contribution in [-0.2, 0) is 4.79 Å². The number of aliphatic carboxylic acids is 1. The van der Waals surface area contributed by atoms with Crippen LogP contribution in [-0.4, -0.2) is 22.2 Å². The molecule has 0 aromatic rings. The third-order valence-corrected chi connectivity index (χ3v) is 4.66. The summed E-state index contributed by atoms with van der Waals surface area (Å²) < 4.78 is 0. The van der Waals surface area contributed by atoms with Crippen LogP contribution in [0, 0.1) is 5.92 Å². The summed E-state index contributed by atoms with van der Waals surface area (Å²) in [5.41, 5.74) is 3.27. The third kappa shape index (κ3) is 1.52. The number of dihydropyridines is 1. The van der Waals surface area contributed by atoms with Crippen molar-refractivity contribution in [2.75, 3.05) is 0 Å². The predicted molar refractivity (Wildman–Crippen MR) is 66.7 cm³/mol. The van der Waals surface area contributed by atoms with Gasteiger partial charge in [-0.05, 0) is 38.2 Å². The standard InChI is InChI=1S/C12H15NO2S/c1-5-8(4)16-11-9(5)6(2)10(12(14)15)7(3)13-11/h9,11H,1-4H3,(H,14,15). The molecule has 0 radical (unpaired) electrons. The number of carbonyl (C=O) groups is 1. The van der Waals surface area contributed by atoms with E-state index in [2.05, 4.69) is 18.8 Å². The molecule has 2 rings (SSSR count). The lowest BCUT2D eigenvalue weighted by Gasteiger charge is -2.25. The highest BCUT2D eigenvalue weighted by Gasteiger charge is 2.38. The van der Waals surface area contributed by atoms with E-state index in [0.29, 0.717) is 11.3 Å². The van der Waals surface area contributed by atoms with Crippen LogP contribution in [0.1, 0.15) is 27.7 Å². The Labute approximate surface area is 99.3 Å². The van der Waals surface area contributed by atoms with Gasteiger partial charge in [-0.3, -0.25) is 4.99 Å². The van der Waals surface area contributed by atoms with E-state index in [1.807, 2.05) is 6.92 Å². The summed E-state index contributed by atoms with van der Waals surface area (Å²) in [4.78, 5) is 17.0. The Hall–Kier alpha value is -1.03. The highest BCUT2D eigenvalue weighted by molar-refractivity contribution is 8.03. The molecule has 0 amide bonds. The maximum Gasteiger partial charge on any atom is 0.337 e. The molecule has 2 aliphatic rings. The molecule has 4 heteroatoms. The Morgan fingerprint density at radius 3 is 2.44 bits per heavy atom. The Morgan fingerprint density at radius 1 is 1.25 bits per heavy atom. The number of allylic oxidation sites excluding steroid dienone is 1. The molecule has 1 N–H and O–H groups in total. The van der Waals surface area contributed by atoms with Crippen molar-refractivity contribution in [1.29, 1.82) is 0 Å². The van der Waals surface area contributed by atoms with Gasteiger partial charge in [0.2, 0.25) is 0 Å². The van der Waals surface area contributed by atoms with Gasteiger partial charge in [0, 0.05) is 11.6 Å². The summed E-state index contributed by atoms with van der Waals surface area (Å²) in [6.45, 7) is 7.86. The smallest absolute Gasteiger partial charge is 0.337 e. The topological polar surface area (TPSA) is 49.7 Å². The molecule has 0 fully saturated rings. The summed E-state index contributed by atoms with van der Waals surface area (Å²) >= 11 is 1.74. The lowest BCUT2D eigenvalue weighted by atomic mass is 9.85. The lowest BCUT2D eigenvalue weighted by molar-refractivity contribution is -0.132. The number of hydrogen-bond donors (Lipinski definition) is 1. The molecule has 0 saturated heterocycles. The van der Waals surface area contributed by atoms with E-state index in [-0.39, 0.29) is 11.3 Å². The van der Waals surface area contributed by atoms with Crippen LogP contribution < -0.4 is 0 Å². The van der Waals surface area contributed by atoms with Crippen LogP contribution in [0.15, 0.2) is 26.6 Å². The monoisotopic (exact) mass is 237 g/mol. The van der Waals surface area contributed by atoms with Crippen LogP contribution in [0.4, 0.5) is 0 Å². The number of hydrogen-bond acceptors (Lipinski definition) is 3. The molecule has 2 heterocycles. The zero-order chi connectivity index (χ0) is 12.0.